The highest BCUT2D eigenvalue weighted by molar-refractivity contribution is 7.09. The first kappa shape index (κ1) is 23.2. The van der Waals surface area contributed by atoms with Crippen molar-refractivity contribution in [3.05, 3.63) is 87.9 Å². The summed E-state index contributed by atoms with van der Waals surface area (Å²) in [7, 11) is 0. The summed E-state index contributed by atoms with van der Waals surface area (Å²) in [5.74, 6) is -0.418. The number of aromatic nitrogens is 1. The molecular formula is C27H28N4O3S. The average molecular weight is 489 g/mol. The van der Waals surface area contributed by atoms with Crippen molar-refractivity contribution in [3.63, 3.8) is 0 Å². The van der Waals surface area contributed by atoms with Crippen LogP contribution in [0, 0.1) is 12.8 Å². The number of imide groups is 1. The normalized spacial score (nSPS) is 20.8. The molecule has 0 bridgehead atoms. The third-order valence-corrected chi connectivity index (χ3v) is 7.99. The van der Waals surface area contributed by atoms with Gasteiger partial charge in [0.1, 0.15) is 0 Å². The van der Waals surface area contributed by atoms with Crippen LogP contribution in [0.2, 0.25) is 0 Å². The van der Waals surface area contributed by atoms with E-state index in [1.165, 1.54) is 4.90 Å². The van der Waals surface area contributed by atoms with Gasteiger partial charge in [0, 0.05) is 42.2 Å². The summed E-state index contributed by atoms with van der Waals surface area (Å²) in [4.78, 5) is 48.8. The second-order valence-electron chi connectivity index (χ2n) is 9.17. The second kappa shape index (κ2) is 9.62. The number of thiophene rings is 1. The van der Waals surface area contributed by atoms with E-state index >= 15 is 0 Å². The van der Waals surface area contributed by atoms with Crippen LogP contribution in [0.3, 0.4) is 0 Å². The molecule has 0 spiro atoms. The Morgan fingerprint density at radius 2 is 1.86 bits per heavy atom. The number of aryl methyl sites for hydroxylation is 1. The van der Waals surface area contributed by atoms with E-state index in [-0.39, 0.29) is 23.8 Å². The van der Waals surface area contributed by atoms with Crippen molar-refractivity contribution in [1.29, 1.82) is 0 Å². The maximum atomic E-state index is 13.9. The zero-order valence-electron chi connectivity index (χ0n) is 19.6. The minimum atomic E-state index is -1.22. The summed E-state index contributed by atoms with van der Waals surface area (Å²) >= 11 is 1.62. The molecule has 1 aromatic carbocycles. The monoisotopic (exact) mass is 488 g/mol. The summed E-state index contributed by atoms with van der Waals surface area (Å²) in [6.45, 7) is 3.35. The van der Waals surface area contributed by atoms with Gasteiger partial charge in [-0.05, 0) is 61.9 Å². The number of carbonyl (C=O) groups excluding carboxylic acids is 3. The second-order valence-corrected chi connectivity index (χ2v) is 10.2. The molecule has 2 aliphatic rings. The highest BCUT2D eigenvalue weighted by Crippen LogP contribution is 2.41. The van der Waals surface area contributed by atoms with E-state index in [0.29, 0.717) is 50.2 Å². The molecule has 180 valence electrons. The first-order chi connectivity index (χ1) is 17.0. The lowest BCUT2D eigenvalue weighted by molar-refractivity contribution is -0.134. The number of urea groups is 1. The Hall–Kier alpha value is -3.52. The topological polar surface area (TPSA) is 82.6 Å². The Kier molecular flexibility index (Phi) is 6.38. The fourth-order valence-corrected chi connectivity index (χ4v) is 5.82. The fourth-order valence-electron chi connectivity index (χ4n) is 5.12. The van der Waals surface area contributed by atoms with Crippen molar-refractivity contribution in [2.45, 2.75) is 31.7 Å². The Bertz CT molecular complexity index is 1200. The molecule has 2 fully saturated rings. The lowest BCUT2D eigenvalue weighted by Gasteiger charge is -2.40. The third-order valence-electron chi connectivity index (χ3n) is 7.06. The van der Waals surface area contributed by atoms with E-state index in [1.54, 1.807) is 23.6 Å². The maximum Gasteiger partial charge on any atom is 0.325 e. The van der Waals surface area contributed by atoms with Crippen LogP contribution in [-0.2, 0) is 16.8 Å². The van der Waals surface area contributed by atoms with Crippen LogP contribution < -0.4 is 5.32 Å². The van der Waals surface area contributed by atoms with Gasteiger partial charge in [-0.1, -0.05) is 29.8 Å². The number of amides is 4. The molecule has 2 aromatic heterocycles. The Labute approximate surface area is 208 Å². The van der Waals surface area contributed by atoms with Gasteiger partial charge < -0.3 is 10.2 Å². The number of rotatable bonds is 6. The molecule has 0 unspecified atom stereocenters. The number of hydrogen-bond donors (Lipinski definition) is 1. The van der Waals surface area contributed by atoms with Crippen molar-refractivity contribution in [3.8, 4) is 0 Å². The Balaban J connectivity index is 1.36. The van der Waals surface area contributed by atoms with Crippen LogP contribution in [0.15, 0.2) is 66.2 Å². The van der Waals surface area contributed by atoms with Crippen molar-refractivity contribution in [1.82, 2.24) is 20.1 Å². The molecule has 1 N–H and O–H groups in total. The van der Waals surface area contributed by atoms with Gasteiger partial charge in [0.25, 0.3) is 11.8 Å². The maximum absolute atomic E-state index is 13.9. The predicted molar refractivity (Wildman–Crippen MR) is 134 cm³/mol. The summed E-state index contributed by atoms with van der Waals surface area (Å²) in [6, 6.07) is 16.6. The molecule has 3 aromatic rings. The SMILES string of the molecule is Cc1ccc(C(=O)N2CCC([C@]3(c4ccccn4)NC(=O)N(CCc4cccs4)C3=O)CC2)cc1. The zero-order valence-corrected chi connectivity index (χ0v) is 20.5. The van der Waals surface area contributed by atoms with Crippen molar-refractivity contribution in [2.24, 2.45) is 5.92 Å². The molecule has 4 heterocycles. The first-order valence-electron chi connectivity index (χ1n) is 11.9. The van der Waals surface area contributed by atoms with Gasteiger partial charge in [0.2, 0.25) is 0 Å². The van der Waals surface area contributed by atoms with Crippen LogP contribution in [-0.4, -0.2) is 52.3 Å². The molecule has 0 radical (unpaired) electrons. The summed E-state index contributed by atoms with van der Waals surface area (Å²) in [5, 5.41) is 5.03. The van der Waals surface area contributed by atoms with Gasteiger partial charge in [-0.15, -0.1) is 11.3 Å². The van der Waals surface area contributed by atoms with Gasteiger partial charge in [0.15, 0.2) is 5.54 Å². The largest absolute Gasteiger partial charge is 0.339 e. The van der Waals surface area contributed by atoms with Crippen LogP contribution in [0.5, 0.6) is 0 Å². The number of pyridine rings is 1. The summed E-state index contributed by atoms with van der Waals surface area (Å²) in [6.07, 6.45) is 3.47. The van der Waals surface area contributed by atoms with E-state index in [9.17, 15) is 14.4 Å². The zero-order chi connectivity index (χ0) is 24.4. The molecule has 0 aliphatic carbocycles. The number of likely N-dealkylation sites (tertiary alicyclic amines) is 1. The van der Waals surface area contributed by atoms with Gasteiger partial charge in [-0.3, -0.25) is 19.5 Å². The Morgan fingerprint density at radius 1 is 1.09 bits per heavy atom. The van der Waals surface area contributed by atoms with E-state index < -0.39 is 5.54 Å². The third kappa shape index (κ3) is 4.34. The average Bonchev–Trinajstić information content (AvgIpc) is 3.50. The molecule has 5 rings (SSSR count). The molecule has 1 atom stereocenters. The minimum Gasteiger partial charge on any atom is -0.339 e. The number of hydrogen-bond acceptors (Lipinski definition) is 5. The summed E-state index contributed by atoms with van der Waals surface area (Å²) < 4.78 is 0. The molecule has 2 saturated heterocycles. The van der Waals surface area contributed by atoms with Crippen LogP contribution >= 0.6 is 11.3 Å². The molecule has 7 nitrogen and oxygen atoms in total. The Morgan fingerprint density at radius 3 is 2.51 bits per heavy atom. The van der Waals surface area contributed by atoms with E-state index in [2.05, 4.69) is 10.3 Å². The van der Waals surface area contributed by atoms with Gasteiger partial charge in [-0.25, -0.2) is 4.79 Å². The van der Waals surface area contributed by atoms with Crippen molar-refractivity contribution in [2.75, 3.05) is 19.6 Å². The molecule has 2 aliphatic heterocycles. The van der Waals surface area contributed by atoms with Gasteiger partial charge in [-0.2, -0.15) is 0 Å². The number of piperidine rings is 1. The smallest absolute Gasteiger partial charge is 0.325 e. The van der Waals surface area contributed by atoms with Gasteiger partial charge in [0.05, 0.1) is 5.69 Å². The van der Waals surface area contributed by atoms with Crippen molar-refractivity contribution >= 4 is 29.2 Å². The molecule has 4 amide bonds. The predicted octanol–water partition coefficient (Wildman–Crippen LogP) is 3.99. The number of nitrogens with zero attached hydrogens (tertiary/aromatic N) is 3. The fraction of sp³-hybridized carbons (Fsp3) is 0.333. The molecule has 0 saturated carbocycles. The van der Waals surface area contributed by atoms with Crippen molar-refractivity contribution < 1.29 is 14.4 Å². The van der Waals surface area contributed by atoms with Crippen LogP contribution in [0.1, 0.15) is 39.3 Å². The lowest BCUT2D eigenvalue weighted by Crippen LogP contribution is -2.54. The quantitative estimate of drug-likeness (QED) is 0.532. The summed E-state index contributed by atoms with van der Waals surface area (Å²) in [5.41, 5.74) is 1.11. The van der Waals surface area contributed by atoms with Gasteiger partial charge >= 0.3 is 6.03 Å². The molecule has 35 heavy (non-hydrogen) atoms. The first-order valence-corrected chi connectivity index (χ1v) is 12.8. The number of nitrogens with one attached hydrogen (secondary N) is 1. The minimum absolute atomic E-state index is 0.00491. The number of benzene rings is 1. The van der Waals surface area contributed by atoms with E-state index in [4.69, 9.17) is 0 Å². The standard InChI is InChI=1S/C27H28N4O3S/c1-19-7-9-20(10-8-19)24(32)30-15-11-21(12-16-30)27(23-6-2-3-14-28-23)25(33)31(26(34)29-27)17-13-22-5-4-18-35-22/h2-10,14,18,21H,11-13,15-17H2,1H3,(H,29,34)/t27-/m1/s1. The van der Waals surface area contributed by atoms with E-state index in [1.807, 2.05) is 65.7 Å². The molecule has 8 heteroatoms. The van der Waals surface area contributed by atoms with Crippen LogP contribution in [0.25, 0.3) is 0 Å². The van der Waals surface area contributed by atoms with Crippen LogP contribution in [0.4, 0.5) is 4.79 Å². The highest BCUT2D eigenvalue weighted by Gasteiger charge is 2.58. The van der Waals surface area contributed by atoms with E-state index in [0.717, 1.165) is 10.4 Å². The number of carbonyl (C=O) groups is 3. The highest BCUT2D eigenvalue weighted by atomic mass is 32.1. The lowest BCUT2D eigenvalue weighted by atomic mass is 9.75. The molecular weight excluding hydrogens is 460 g/mol.